The molecule has 1 heterocycles. The standard InChI is InChI=1S/C31H39N5O6/c1-2-41-27-20-22(21-32)5-12-26(27)29(23-6-7-23)35-15-17-36(18-16-35)31(40)42-25-10-8-24(9-11-25)30(39)34-13-3-4-28(38)33-14-19-37/h5,8-12,20,23,29,37H,2-4,6-7,13-19H2,1H3,(H,33,38)(H,34,39). The minimum atomic E-state index is -0.428. The quantitative estimate of drug-likeness (QED) is 0.308. The highest BCUT2D eigenvalue weighted by Crippen LogP contribution is 2.47. The number of nitrogens with zero attached hydrogens (tertiary/aromatic N) is 3. The Kier molecular flexibility index (Phi) is 11.1. The van der Waals surface area contributed by atoms with E-state index in [-0.39, 0.29) is 37.4 Å². The predicted octanol–water partition coefficient (Wildman–Crippen LogP) is 2.84. The molecule has 1 aliphatic heterocycles. The fourth-order valence-electron chi connectivity index (χ4n) is 5.15. The Morgan fingerprint density at radius 3 is 2.43 bits per heavy atom. The van der Waals surface area contributed by atoms with Crippen LogP contribution in [0.3, 0.4) is 0 Å². The van der Waals surface area contributed by atoms with Crippen LogP contribution in [0.4, 0.5) is 4.79 Å². The van der Waals surface area contributed by atoms with Gasteiger partial charge in [-0.3, -0.25) is 14.5 Å². The number of piperazine rings is 1. The molecule has 1 saturated carbocycles. The molecular formula is C31H39N5O6. The second kappa shape index (κ2) is 15.2. The van der Waals surface area contributed by atoms with Crippen molar-refractivity contribution in [2.45, 2.75) is 38.6 Å². The Bertz CT molecular complexity index is 1270. The van der Waals surface area contributed by atoms with Gasteiger partial charge in [-0.1, -0.05) is 6.07 Å². The zero-order valence-corrected chi connectivity index (χ0v) is 24.0. The maximum absolute atomic E-state index is 12.9. The third-order valence-electron chi connectivity index (χ3n) is 7.42. The van der Waals surface area contributed by atoms with Gasteiger partial charge in [0, 0.05) is 62.9 Å². The second-order valence-electron chi connectivity index (χ2n) is 10.4. The number of nitrogens with one attached hydrogen (secondary N) is 2. The van der Waals surface area contributed by atoms with E-state index < -0.39 is 6.09 Å². The topological polar surface area (TPSA) is 144 Å². The van der Waals surface area contributed by atoms with E-state index in [4.69, 9.17) is 14.6 Å². The molecule has 0 aromatic heterocycles. The summed E-state index contributed by atoms with van der Waals surface area (Å²) in [4.78, 5) is 40.9. The number of hydrogen-bond acceptors (Lipinski definition) is 8. The van der Waals surface area contributed by atoms with Crippen molar-refractivity contribution in [3.05, 3.63) is 59.2 Å². The number of carbonyl (C=O) groups excluding carboxylic acids is 3. The molecule has 2 aliphatic rings. The smallest absolute Gasteiger partial charge is 0.415 e. The van der Waals surface area contributed by atoms with Crippen LogP contribution in [-0.4, -0.2) is 85.3 Å². The van der Waals surface area contributed by atoms with Gasteiger partial charge in [-0.2, -0.15) is 5.26 Å². The van der Waals surface area contributed by atoms with Gasteiger partial charge in [0.2, 0.25) is 5.91 Å². The highest BCUT2D eigenvalue weighted by molar-refractivity contribution is 5.94. The summed E-state index contributed by atoms with van der Waals surface area (Å²) < 4.78 is 11.5. The van der Waals surface area contributed by atoms with Crippen molar-refractivity contribution in [2.24, 2.45) is 5.92 Å². The molecule has 11 nitrogen and oxygen atoms in total. The van der Waals surface area contributed by atoms with Gasteiger partial charge in [-0.15, -0.1) is 0 Å². The van der Waals surface area contributed by atoms with Crippen molar-refractivity contribution in [1.82, 2.24) is 20.4 Å². The SMILES string of the molecule is CCOc1cc(C#N)ccc1C(C1CC1)N1CCN(C(=O)Oc2ccc(C(=O)NCCCC(=O)NCCO)cc2)CC1. The molecule has 4 rings (SSSR count). The molecule has 0 bridgehead atoms. The molecule has 3 N–H and O–H groups in total. The van der Waals surface area contributed by atoms with E-state index in [0.29, 0.717) is 68.5 Å². The van der Waals surface area contributed by atoms with E-state index in [9.17, 15) is 19.6 Å². The minimum absolute atomic E-state index is 0.109. The van der Waals surface area contributed by atoms with Crippen LogP contribution in [0.25, 0.3) is 0 Å². The highest BCUT2D eigenvalue weighted by Gasteiger charge is 2.39. The summed E-state index contributed by atoms with van der Waals surface area (Å²) in [6.07, 6.45) is 2.61. The zero-order chi connectivity index (χ0) is 29.9. The van der Waals surface area contributed by atoms with Gasteiger partial charge in [0.25, 0.3) is 5.91 Å². The Morgan fingerprint density at radius 1 is 1.05 bits per heavy atom. The van der Waals surface area contributed by atoms with Gasteiger partial charge in [0.15, 0.2) is 0 Å². The molecule has 1 aliphatic carbocycles. The molecule has 0 spiro atoms. The van der Waals surface area contributed by atoms with Crippen molar-refractivity contribution in [1.29, 1.82) is 5.26 Å². The number of aliphatic hydroxyl groups excluding tert-OH is 1. The van der Waals surface area contributed by atoms with E-state index >= 15 is 0 Å². The molecule has 1 atom stereocenters. The van der Waals surface area contributed by atoms with Crippen LogP contribution in [0.2, 0.25) is 0 Å². The van der Waals surface area contributed by atoms with E-state index in [1.807, 2.05) is 25.1 Å². The molecule has 1 unspecified atom stereocenters. The van der Waals surface area contributed by atoms with Crippen LogP contribution >= 0.6 is 0 Å². The summed E-state index contributed by atoms with van der Waals surface area (Å²) in [6, 6.07) is 14.4. The lowest BCUT2D eigenvalue weighted by atomic mass is 9.97. The van der Waals surface area contributed by atoms with E-state index in [0.717, 1.165) is 24.2 Å². The average Bonchev–Trinajstić information content (AvgIpc) is 3.85. The lowest BCUT2D eigenvalue weighted by molar-refractivity contribution is -0.121. The Morgan fingerprint density at radius 2 is 1.79 bits per heavy atom. The lowest BCUT2D eigenvalue weighted by Crippen LogP contribution is -2.50. The van der Waals surface area contributed by atoms with Crippen LogP contribution in [0.15, 0.2) is 42.5 Å². The molecule has 2 aromatic rings. The number of nitriles is 1. The number of rotatable bonds is 13. The van der Waals surface area contributed by atoms with Gasteiger partial charge >= 0.3 is 6.09 Å². The normalized spacial score (nSPS) is 15.8. The molecule has 42 heavy (non-hydrogen) atoms. The van der Waals surface area contributed by atoms with Crippen molar-refractivity contribution in [3.63, 3.8) is 0 Å². The maximum atomic E-state index is 12.9. The van der Waals surface area contributed by atoms with Gasteiger partial charge in [0.05, 0.1) is 24.8 Å². The second-order valence-corrected chi connectivity index (χ2v) is 10.4. The van der Waals surface area contributed by atoms with E-state index in [2.05, 4.69) is 21.6 Å². The first-order valence-electron chi connectivity index (χ1n) is 14.6. The van der Waals surface area contributed by atoms with E-state index in [1.165, 1.54) is 0 Å². The molecule has 3 amide bonds. The summed E-state index contributed by atoms with van der Waals surface area (Å²) in [6.45, 7) is 5.37. The fourth-order valence-corrected chi connectivity index (χ4v) is 5.15. The highest BCUT2D eigenvalue weighted by atomic mass is 16.6. The third-order valence-corrected chi connectivity index (χ3v) is 7.42. The van der Waals surface area contributed by atoms with Crippen molar-refractivity contribution < 1.29 is 29.0 Å². The monoisotopic (exact) mass is 577 g/mol. The largest absolute Gasteiger partial charge is 0.493 e. The van der Waals surface area contributed by atoms with Crippen LogP contribution in [0, 0.1) is 17.2 Å². The summed E-state index contributed by atoms with van der Waals surface area (Å²) in [5.41, 5.74) is 2.10. The summed E-state index contributed by atoms with van der Waals surface area (Å²) in [5, 5.41) is 23.4. The molecule has 11 heteroatoms. The number of aliphatic hydroxyl groups is 1. The summed E-state index contributed by atoms with van der Waals surface area (Å²) in [5.74, 6) is 1.20. The molecule has 1 saturated heterocycles. The Balaban J connectivity index is 1.25. The van der Waals surface area contributed by atoms with Crippen LogP contribution in [0.5, 0.6) is 11.5 Å². The summed E-state index contributed by atoms with van der Waals surface area (Å²) >= 11 is 0. The van der Waals surface area contributed by atoms with Crippen molar-refractivity contribution in [2.75, 3.05) is 52.5 Å². The Hall–Kier alpha value is -4.14. The predicted molar refractivity (Wildman–Crippen MR) is 155 cm³/mol. The number of ether oxygens (including phenoxy) is 2. The molecule has 2 aromatic carbocycles. The maximum Gasteiger partial charge on any atom is 0.415 e. The molecule has 2 fully saturated rings. The van der Waals surface area contributed by atoms with E-state index in [1.54, 1.807) is 29.2 Å². The number of benzene rings is 2. The molecule has 0 radical (unpaired) electrons. The summed E-state index contributed by atoms with van der Waals surface area (Å²) in [7, 11) is 0. The van der Waals surface area contributed by atoms with Crippen LogP contribution in [-0.2, 0) is 4.79 Å². The van der Waals surface area contributed by atoms with Crippen molar-refractivity contribution in [3.8, 4) is 17.6 Å². The first kappa shape index (κ1) is 30.8. The molecule has 224 valence electrons. The average molecular weight is 578 g/mol. The Labute approximate surface area is 246 Å². The van der Waals surface area contributed by atoms with Crippen LogP contribution < -0.4 is 20.1 Å². The number of carbonyl (C=O) groups is 3. The number of amides is 3. The zero-order valence-electron chi connectivity index (χ0n) is 24.0. The molecular weight excluding hydrogens is 538 g/mol. The lowest BCUT2D eigenvalue weighted by Gasteiger charge is -2.39. The van der Waals surface area contributed by atoms with Gasteiger partial charge in [0.1, 0.15) is 11.5 Å². The first-order valence-corrected chi connectivity index (χ1v) is 14.6. The van der Waals surface area contributed by atoms with Crippen LogP contribution in [0.1, 0.15) is 60.1 Å². The fraction of sp³-hybridized carbons (Fsp3) is 0.484. The van der Waals surface area contributed by atoms with Gasteiger partial charge < -0.3 is 30.1 Å². The van der Waals surface area contributed by atoms with Gasteiger partial charge in [-0.25, -0.2) is 4.79 Å². The van der Waals surface area contributed by atoms with Gasteiger partial charge in [-0.05, 0) is 68.5 Å². The first-order chi connectivity index (χ1) is 20.4. The minimum Gasteiger partial charge on any atom is -0.493 e. The third kappa shape index (κ3) is 8.44. The number of hydrogen-bond donors (Lipinski definition) is 3. The van der Waals surface area contributed by atoms with Crippen molar-refractivity contribution >= 4 is 17.9 Å².